The molecule has 88 valence electrons. The summed E-state index contributed by atoms with van der Waals surface area (Å²) >= 11 is 0. The Bertz CT molecular complexity index is 319. The highest BCUT2D eigenvalue weighted by Gasteiger charge is 2.41. The molecule has 0 aromatic heterocycles. The van der Waals surface area contributed by atoms with Crippen LogP contribution in [-0.2, 0) is 9.84 Å². The van der Waals surface area contributed by atoms with Gasteiger partial charge in [0.25, 0.3) is 0 Å². The van der Waals surface area contributed by atoms with Crippen molar-refractivity contribution >= 4 is 9.84 Å². The molecule has 1 aliphatic heterocycles. The highest BCUT2D eigenvalue weighted by molar-refractivity contribution is 7.91. The van der Waals surface area contributed by atoms with E-state index in [-0.39, 0.29) is 0 Å². The summed E-state index contributed by atoms with van der Waals surface area (Å²) in [5.41, 5.74) is 0. The van der Waals surface area contributed by atoms with Crippen molar-refractivity contribution in [2.24, 2.45) is 23.7 Å². The predicted molar refractivity (Wildman–Crippen MR) is 62.4 cm³/mol. The maximum Gasteiger partial charge on any atom is 0.150 e. The van der Waals surface area contributed by atoms with Crippen LogP contribution in [0.2, 0.25) is 0 Å². The Morgan fingerprint density at radius 2 is 1.80 bits per heavy atom. The lowest BCUT2D eigenvalue weighted by Gasteiger charge is -2.31. The molecule has 1 saturated heterocycles. The third-order valence-electron chi connectivity index (χ3n) is 3.99. The molecule has 15 heavy (non-hydrogen) atoms. The molecule has 2 rings (SSSR count). The first kappa shape index (κ1) is 11.4. The minimum atomic E-state index is -2.68. The predicted octanol–water partition coefficient (Wildman–Crippen LogP) is 2.49. The smallest absolute Gasteiger partial charge is 0.150 e. The molecule has 1 aliphatic carbocycles. The van der Waals surface area contributed by atoms with Gasteiger partial charge in [0.1, 0.15) is 0 Å². The van der Waals surface area contributed by atoms with E-state index in [2.05, 4.69) is 13.8 Å². The Labute approximate surface area is 93.4 Å². The van der Waals surface area contributed by atoms with Crippen molar-refractivity contribution in [1.82, 2.24) is 0 Å². The molecule has 0 N–H and O–H groups in total. The summed E-state index contributed by atoms with van der Waals surface area (Å²) in [6, 6.07) is 0. The van der Waals surface area contributed by atoms with Crippen molar-refractivity contribution in [3.63, 3.8) is 0 Å². The van der Waals surface area contributed by atoms with Gasteiger partial charge in [-0.1, -0.05) is 20.3 Å². The largest absolute Gasteiger partial charge is 0.229 e. The van der Waals surface area contributed by atoms with Crippen LogP contribution in [0.25, 0.3) is 0 Å². The molecule has 0 spiro atoms. The van der Waals surface area contributed by atoms with Crippen LogP contribution in [0.15, 0.2) is 0 Å². The molecule has 2 fully saturated rings. The van der Waals surface area contributed by atoms with Gasteiger partial charge in [0.05, 0.1) is 11.5 Å². The molecule has 0 amide bonds. The van der Waals surface area contributed by atoms with E-state index in [0.717, 1.165) is 18.3 Å². The van der Waals surface area contributed by atoms with Gasteiger partial charge in [-0.25, -0.2) is 8.42 Å². The van der Waals surface area contributed by atoms with E-state index in [4.69, 9.17) is 0 Å². The topological polar surface area (TPSA) is 34.1 Å². The molecule has 2 nitrogen and oxygen atoms in total. The molecule has 0 radical (unpaired) electrons. The zero-order chi connectivity index (χ0) is 11.1. The van der Waals surface area contributed by atoms with Crippen LogP contribution in [0.1, 0.15) is 39.5 Å². The average Bonchev–Trinajstić information content (AvgIpc) is 2.36. The molecular formula is C12H22O2S. The van der Waals surface area contributed by atoms with Gasteiger partial charge >= 0.3 is 0 Å². The van der Waals surface area contributed by atoms with Crippen molar-refractivity contribution in [2.75, 3.05) is 11.5 Å². The van der Waals surface area contributed by atoms with E-state index in [0.29, 0.717) is 23.3 Å². The minimum absolute atomic E-state index is 0.478. The fourth-order valence-corrected chi connectivity index (χ4v) is 5.74. The first-order chi connectivity index (χ1) is 6.96. The van der Waals surface area contributed by atoms with Crippen LogP contribution in [0.4, 0.5) is 0 Å². The summed E-state index contributed by atoms with van der Waals surface area (Å²) < 4.78 is 23.1. The van der Waals surface area contributed by atoms with Crippen molar-refractivity contribution in [2.45, 2.75) is 39.5 Å². The number of hydrogen-bond donors (Lipinski definition) is 0. The van der Waals surface area contributed by atoms with Crippen LogP contribution in [-0.4, -0.2) is 19.9 Å². The van der Waals surface area contributed by atoms with E-state index in [9.17, 15) is 8.42 Å². The van der Waals surface area contributed by atoms with Crippen LogP contribution < -0.4 is 0 Å². The Morgan fingerprint density at radius 1 is 1.13 bits per heavy atom. The Kier molecular flexibility index (Phi) is 3.11. The zero-order valence-corrected chi connectivity index (χ0v) is 10.6. The maximum absolute atomic E-state index is 11.5. The van der Waals surface area contributed by atoms with Gasteiger partial charge in [0.15, 0.2) is 9.84 Å². The summed E-state index contributed by atoms with van der Waals surface area (Å²) in [5, 5.41) is 0. The van der Waals surface area contributed by atoms with Crippen molar-refractivity contribution in [3.8, 4) is 0 Å². The third kappa shape index (κ3) is 2.74. The minimum Gasteiger partial charge on any atom is -0.229 e. The summed E-state index contributed by atoms with van der Waals surface area (Å²) in [7, 11) is -2.68. The lowest BCUT2D eigenvalue weighted by atomic mass is 9.73. The third-order valence-corrected chi connectivity index (χ3v) is 5.86. The van der Waals surface area contributed by atoms with Gasteiger partial charge in [-0.3, -0.25) is 0 Å². The Hall–Kier alpha value is -0.0500. The maximum atomic E-state index is 11.5. The van der Waals surface area contributed by atoms with Crippen LogP contribution in [0.3, 0.4) is 0 Å². The number of sulfone groups is 1. The van der Waals surface area contributed by atoms with E-state index < -0.39 is 9.84 Å². The van der Waals surface area contributed by atoms with Crippen LogP contribution in [0, 0.1) is 23.7 Å². The Balaban J connectivity index is 1.95. The van der Waals surface area contributed by atoms with Crippen LogP contribution >= 0.6 is 0 Å². The van der Waals surface area contributed by atoms with Gasteiger partial charge in [-0.05, 0) is 42.9 Å². The number of fused-ring (bicyclic) bond motifs is 1. The first-order valence-corrected chi connectivity index (χ1v) is 7.99. The lowest BCUT2D eigenvalue weighted by molar-refractivity contribution is 0.202. The molecule has 0 bridgehead atoms. The molecule has 3 heteroatoms. The summed E-state index contributed by atoms with van der Waals surface area (Å²) in [5.74, 6) is 3.49. The molecule has 1 saturated carbocycles. The quantitative estimate of drug-likeness (QED) is 0.730. The van der Waals surface area contributed by atoms with E-state index in [1.165, 1.54) is 19.3 Å². The Morgan fingerprint density at radius 3 is 2.47 bits per heavy atom. The SMILES string of the molecule is CC(C)CC1CCC2CS(=O)(=O)CC2C1. The number of hydrogen-bond acceptors (Lipinski definition) is 2. The highest BCUT2D eigenvalue weighted by Crippen LogP contribution is 2.41. The fraction of sp³-hybridized carbons (Fsp3) is 1.00. The molecular weight excluding hydrogens is 208 g/mol. The molecule has 1 heterocycles. The van der Waals surface area contributed by atoms with E-state index in [1.807, 2.05) is 0 Å². The second kappa shape index (κ2) is 4.08. The van der Waals surface area contributed by atoms with E-state index >= 15 is 0 Å². The molecule has 0 aromatic carbocycles. The second-order valence-corrected chi connectivity index (χ2v) is 8.06. The normalized spacial score (nSPS) is 39.3. The van der Waals surface area contributed by atoms with Crippen LogP contribution in [0.5, 0.6) is 0 Å². The molecule has 3 atom stereocenters. The highest BCUT2D eigenvalue weighted by atomic mass is 32.2. The van der Waals surface area contributed by atoms with Gasteiger partial charge in [0, 0.05) is 0 Å². The van der Waals surface area contributed by atoms with Crippen molar-refractivity contribution in [3.05, 3.63) is 0 Å². The zero-order valence-electron chi connectivity index (χ0n) is 9.78. The monoisotopic (exact) mass is 230 g/mol. The van der Waals surface area contributed by atoms with Gasteiger partial charge in [-0.15, -0.1) is 0 Å². The van der Waals surface area contributed by atoms with Crippen molar-refractivity contribution < 1.29 is 8.42 Å². The average molecular weight is 230 g/mol. The molecule has 3 unspecified atom stereocenters. The van der Waals surface area contributed by atoms with Gasteiger partial charge in [-0.2, -0.15) is 0 Å². The molecule has 2 aliphatic rings. The summed E-state index contributed by atoms with van der Waals surface area (Å²) in [6.45, 7) is 4.52. The summed E-state index contributed by atoms with van der Waals surface area (Å²) in [6.07, 6.45) is 4.86. The number of rotatable bonds is 2. The van der Waals surface area contributed by atoms with E-state index in [1.54, 1.807) is 0 Å². The standard InChI is InChI=1S/C12H22O2S/c1-9(2)5-10-3-4-11-7-15(13,14)8-12(11)6-10/h9-12H,3-8H2,1-2H3. The lowest BCUT2D eigenvalue weighted by Crippen LogP contribution is -2.24. The second-order valence-electron chi connectivity index (χ2n) is 5.91. The van der Waals surface area contributed by atoms with Crippen molar-refractivity contribution in [1.29, 1.82) is 0 Å². The van der Waals surface area contributed by atoms with Gasteiger partial charge in [0.2, 0.25) is 0 Å². The summed E-state index contributed by atoms with van der Waals surface area (Å²) in [4.78, 5) is 0. The van der Waals surface area contributed by atoms with Gasteiger partial charge < -0.3 is 0 Å². The fourth-order valence-electron chi connectivity index (χ4n) is 3.45. The molecule has 0 aromatic rings. The first-order valence-electron chi connectivity index (χ1n) is 6.16.